The van der Waals surface area contributed by atoms with Gasteiger partial charge in [-0.1, -0.05) is 24.3 Å². The molecule has 29 heavy (non-hydrogen) atoms. The molecule has 0 amide bonds. The molecule has 4 aromatic rings. The minimum Gasteiger partial charge on any atom is -0.465 e. The number of benzene rings is 2. The minimum absolute atomic E-state index is 0.119. The maximum atomic E-state index is 12.0. The molecule has 2 aromatic carbocycles. The van der Waals surface area contributed by atoms with Crippen molar-refractivity contribution in [1.82, 2.24) is 14.5 Å². The summed E-state index contributed by atoms with van der Waals surface area (Å²) in [6.45, 7) is 4.26. The van der Waals surface area contributed by atoms with E-state index in [2.05, 4.69) is 16.0 Å². The molecule has 0 unspecified atom stereocenters. The second-order valence-electron chi connectivity index (χ2n) is 6.81. The number of hydrogen-bond donors (Lipinski definition) is 1. The van der Waals surface area contributed by atoms with E-state index in [1.165, 1.54) is 0 Å². The summed E-state index contributed by atoms with van der Waals surface area (Å²) < 4.78 is 6.92. The van der Waals surface area contributed by atoms with E-state index in [0.29, 0.717) is 18.0 Å². The van der Waals surface area contributed by atoms with Crippen molar-refractivity contribution in [2.75, 3.05) is 6.61 Å². The maximum absolute atomic E-state index is 12.0. The fourth-order valence-corrected chi connectivity index (χ4v) is 3.43. The normalized spacial score (nSPS) is 11.7. The molecule has 0 radical (unpaired) electrons. The number of carbonyl (C=O) groups excluding carboxylic acids is 1. The van der Waals surface area contributed by atoms with Gasteiger partial charge in [0.1, 0.15) is 18.4 Å². The van der Waals surface area contributed by atoms with E-state index >= 15 is 0 Å². The summed E-state index contributed by atoms with van der Waals surface area (Å²) in [6, 6.07) is 16.0. The molecule has 6 nitrogen and oxygen atoms in total. The molecule has 144 valence electrons. The van der Waals surface area contributed by atoms with Gasteiger partial charge >= 0.3 is 5.97 Å². The number of aryl methyl sites for hydroxylation is 1. The fourth-order valence-electron chi connectivity index (χ4n) is 3.43. The Hall–Kier alpha value is -3.85. The second kappa shape index (κ2) is 7.64. The number of para-hydroxylation sites is 1. The number of esters is 1. The van der Waals surface area contributed by atoms with E-state index < -0.39 is 0 Å². The van der Waals surface area contributed by atoms with Crippen molar-refractivity contribution < 1.29 is 9.53 Å². The molecule has 0 spiro atoms. The van der Waals surface area contributed by atoms with Crippen molar-refractivity contribution in [3.05, 3.63) is 65.6 Å². The van der Waals surface area contributed by atoms with Gasteiger partial charge in [0.05, 0.1) is 23.2 Å². The summed E-state index contributed by atoms with van der Waals surface area (Å²) in [6.07, 6.45) is 3.67. The third-order valence-corrected chi connectivity index (χ3v) is 4.74. The Balaban J connectivity index is 1.79. The van der Waals surface area contributed by atoms with Crippen LogP contribution < -0.4 is 0 Å². The van der Waals surface area contributed by atoms with Crippen LogP contribution in [0.4, 0.5) is 0 Å². The quantitative estimate of drug-likeness (QED) is 0.407. The van der Waals surface area contributed by atoms with E-state index in [4.69, 9.17) is 4.74 Å². The molecular weight excluding hydrogens is 364 g/mol. The molecule has 0 aliphatic rings. The summed E-state index contributed by atoms with van der Waals surface area (Å²) in [5, 5.41) is 10.7. The summed E-state index contributed by atoms with van der Waals surface area (Å²) in [5.74, 6) is 0.229. The highest BCUT2D eigenvalue weighted by Crippen LogP contribution is 2.26. The number of fused-ring (bicyclic) bond motifs is 2. The third-order valence-electron chi connectivity index (χ3n) is 4.74. The van der Waals surface area contributed by atoms with E-state index in [1.54, 1.807) is 13.0 Å². The van der Waals surface area contributed by atoms with Crippen LogP contribution in [0.15, 0.2) is 48.7 Å². The van der Waals surface area contributed by atoms with E-state index in [1.807, 2.05) is 60.2 Å². The summed E-state index contributed by atoms with van der Waals surface area (Å²) in [7, 11) is 0. The molecule has 0 fully saturated rings. The zero-order valence-corrected chi connectivity index (χ0v) is 16.3. The van der Waals surface area contributed by atoms with Gasteiger partial charge in [0.2, 0.25) is 0 Å². The summed E-state index contributed by atoms with van der Waals surface area (Å²) >= 11 is 0. The number of aromatic amines is 1. The lowest BCUT2D eigenvalue weighted by Crippen LogP contribution is -2.12. The van der Waals surface area contributed by atoms with Crippen LogP contribution in [0.5, 0.6) is 0 Å². The zero-order valence-electron chi connectivity index (χ0n) is 16.3. The largest absolute Gasteiger partial charge is 0.465 e. The molecule has 0 saturated heterocycles. The van der Waals surface area contributed by atoms with Crippen molar-refractivity contribution in [2.45, 2.75) is 20.4 Å². The smallest absolute Gasteiger partial charge is 0.325 e. The molecular formula is C23H20N4O2. The SMILES string of the molecule is CCOC(=O)Cn1cc(/C=C(/C#N)c2nc3ccc(C)cc3[nH]2)c2ccccc21. The van der Waals surface area contributed by atoms with Gasteiger partial charge in [-0.2, -0.15) is 5.26 Å². The standard InChI is InChI=1S/C23H20N4O2/c1-3-29-22(28)14-27-13-17(18-6-4-5-7-21(18)27)11-16(12-24)23-25-19-9-8-15(2)10-20(19)26-23/h4-11,13H,3,14H2,1-2H3,(H,25,26)/b16-11-. The van der Waals surface area contributed by atoms with Crippen LogP contribution in [0.2, 0.25) is 0 Å². The van der Waals surface area contributed by atoms with Gasteiger partial charge in [-0.3, -0.25) is 4.79 Å². The van der Waals surface area contributed by atoms with Gasteiger partial charge in [0.25, 0.3) is 0 Å². The Morgan fingerprint density at radius 3 is 2.93 bits per heavy atom. The van der Waals surface area contributed by atoms with Crippen LogP contribution in [-0.4, -0.2) is 27.1 Å². The number of imidazole rings is 1. The molecule has 1 N–H and O–H groups in total. The Morgan fingerprint density at radius 1 is 1.31 bits per heavy atom. The average Bonchev–Trinajstić information content (AvgIpc) is 3.27. The van der Waals surface area contributed by atoms with Crippen molar-refractivity contribution >= 4 is 39.6 Å². The Bertz CT molecular complexity index is 1290. The lowest BCUT2D eigenvalue weighted by Gasteiger charge is -2.04. The molecule has 0 saturated carbocycles. The number of nitriles is 1. The van der Waals surface area contributed by atoms with Gasteiger partial charge in [0.15, 0.2) is 0 Å². The Labute approximate surface area is 168 Å². The van der Waals surface area contributed by atoms with Crippen LogP contribution in [-0.2, 0) is 16.1 Å². The van der Waals surface area contributed by atoms with Crippen LogP contribution in [0.25, 0.3) is 33.6 Å². The van der Waals surface area contributed by atoms with Crippen molar-refractivity contribution in [3.63, 3.8) is 0 Å². The Morgan fingerprint density at radius 2 is 2.14 bits per heavy atom. The number of allylic oxidation sites excluding steroid dienone is 1. The first kappa shape index (κ1) is 18.5. The lowest BCUT2D eigenvalue weighted by atomic mass is 10.1. The first-order valence-electron chi connectivity index (χ1n) is 9.41. The number of nitrogens with zero attached hydrogens (tertiary/aromatic N) is 3. The molecule has 0 atom stereocenters. The monoisotopic (exact) mass is 384 g/mol. The minimum atomic E-state index is -0.294. The van der Waals surface area contributed by atoms with E-state index in [-0.39, 0.29) is 12.5 Å². The number of H-pyrrole nitrogens is 1. The molecule has 2 aromatic heterocycles. The molecule has 0 aliphatic carbocycles. The van der Waals surface area contributed by atoms with Crippen LogP contribution in [0.1, 0.15) is 23.9 Å². The Kier molecular flexibility index (Phi) is 4.88. The number of rotatable bonds is 5. The van der Waals surface area contributed by atoms with Gasteiger partial charge in [-0.05, 0) is 43.7 Å². The van der Waals surface area contributed by atoms with Gasteiger partial charge in [0, 0.05) is 22.7 Å². The van der Waals surface area contributed by atoms with Crippen molar-refractivity contribution in [1.29, 1.82) is 5.26 Å². The predicted molar refractivity (Wildman–Crippen MR) is 113 cm³/mol. The maximum Gasteiger partial charge on any atom is 0.325 e. The highest BCUT2D eigenvalue weighted by Gasteiger charge is 2.13. The molecule has 0 bridgehead atoms. The summed E-state index contributed by atoms with van der Waals surface area (Å²) in [4.78, 5) is 19.7. The zero-order chi connectivity index (χ0) is 20.4. The number of hydrogen-bond acceptors (Lipinski definition) is 4. The molecule has 6 heteroatoms. The fraction of sp³-hybridized carbons (Fsp3) is 0.174. The van der Waals surface area contributed by atoms with Crippen molar-refractivity contribution in [3.8, 4) is 6.07 Å². The molecule has 2 heterocycles. The number of ether oxygens (including phenoxy) is 1. The number of carbonyl (C=O) groups is 1. The first-order chi connectivity index (χ1) is 14.1. The van der Waals surface area contributed by atoms with Gasteiger partial charge in [-0.25, -0.2) is 4.98 Å². The number of nitrogens with one attached hydrogen (secondary N) is 1. The van der Waals surface area contributed by atoms with Gasteiger partial charge in [-0.15, -0.1) is 0 Å². The lowest BCUT2D eigenvalue weighted by molar-refractivity contribution is -0.143. The second-order valence-corrected chi connectivity index (χ2v) is 6.81. The topological polar surface area (TPSA) is 83.7 Å². The summed E-state index contributed by atoms with van der Waals surface area (Å²) in [5.41, 5.74) is 5.01. The molecule has 4 rings (SSSR count). The average molecular weight is 384 g/mol. The van der Waals surface area contributed by atoms with Crippen LogP contribution in [0.3, 0.4) is 0 Å². The third kappa shape index (κ3) is 3.63. The first-order valence-corrected chi connectivity index (χ1v) is 9.41. The highest BCUT2D eigenvalue weighted by atomic mass is 16.5. The number of aromatic nitrogens is 3. The molecule has 0 aliphatic heterocycles. The van der Waals surface area contributed by atoms with Gasteiger partial charge < -0.3 is 14.3 Å². The van der Waals surface area contributed by atoms with E-state index in [0.717, 1.165) is 33.1 Å². The predicted octanol–water partition coefficient (Wildman–Crippen LogP) is 4.45. The van der Waals surface area contributed by atoms with E-state index in [9.17, 15) is 10.1 Å². The van der Waals surface area contributed by atoms with Crippen molar-refractivity contribution in [2.24, 2.45) is 0 Å². The van der Waals surface area contributed by atoms with Crippen LogP contribution >= 0.6 is 0 Å². The van der Waals surface area contributed by atoms with Crippen LogP contribution in [0, 0.1) is 18.3 Å². The highest BCUT2D eigenvalue weighted by molar-refractivity contribution is 5.98.